The molecule has 1 N–H and O–H groups in total. The van der Waals surface area contributed by atoms with Crippen LogP contribution in [0.3, 0.4) is 0 Å². The Hall–Kier alpha value is -1.93. The average molecular weight is 462 g/mol. The number of carbonyl (C=O) groups is 1. The number of nitrogens with one attached hydrogen (secondary N) is 1. The highest BCUT2D eigenvalue weighted by atomic mass is 35.5. The minimum atomic E-state index is -3.62. The largest absolute Gasteiger partial charge is 0.348 e. The fraction of sp³-hybridized carbons (Fsp3) is 0.435. The van der Waals surface area contributed by atoms with Crippen LogP contribution >= 0.6 is 11.6 Å². The molecule has 0 saturated carbocycles. The lowest BCUT2D eigenvalue weighted by atomic mass is 10.2. The van der Waals surface area contributed by atoms with Gasteiger partial charge in [0, 0.05) is 38.8 Å². The highest BCUT2D eigenvalue weighted by molar-refractivity contribution is 7.89. The number of amides is 1. The van der Waals surface area contributed by atoms with E-state index in [4.69, 9.17) is 11.6 Å². The van der Waals surface area contributed by atoms with Crippen LogP contribution in [0, 0.1) is 0 Å². The number of nitrogens with zero attached hydrogens (tertiary/aromatic N) is 2. The Morgan fingerprint density at radius 3 is 2.52 bits per heavy atom. The number of benzene rings is 2. The summed E-state index contributed by atoms with van der Waals surface area (Å²) in [5, 5.41) is 3.30. The maximum atomic E-state index is 13.0. The molecule has 2 aliphatic heterocycles. The number of sulfonamides is 1. The van der Waals surface area contributed by atoms with Crippen molar-refractivity contribution < 1.29 is 13.2 Å². The summed E-state index contributed by atoms with van der Waals surface area (Å²) in [7, 11) is -3.62. The highest BCUT2D eigenvalue weighted by Crippen LogP contribution is 2.25. The molecule has 0 radical (unpaired) electrons. The van der Waals surface area contributed by atoms with Crippen molar-refractivity contribution in [2.75, 3.05) is 26.2 Å². The second kappa shape index (κ2) is 9.69. The molecule has 0 bridgehead atoms. The van der Waals surface area contributed by atoms with E-state index in [-0.39, 0.29) is 27.4 Å². The molecule has 0 spiro atoms. The Labute approximate surface area is 189 Å². The van der Waals surface area contributed by atoms with Gasteiger partial charge in [0.15, 0.2) is 0 Å². The molecule has 6 nitrogen and oxygen atoms in total. The predicted octanol–water partition coefficient (Wildman–Crippen LogP) is 3.52. The van der Waals surface area contributed by atoms with E-state index in [1.165, 1.54) is 28.1 Å². The van der Waals surface area contributed by atoms with E-state index in [2.05, 4.69) is 22.3 Å². The molecule has 1 atom stereocenters. The molecular weight excluding hydrogens is 434 g/mol. The monoisotopic (exact) mass is 461 g/mol. The quantitative estimate of drug-likeness (QED) is 0.714. The fourth-order valence-electron chi connectivity index (χ4n) is 4.29. The Kier molecular flexibility index (Phi) is 6.96. The van der Waals surface area contributed by atoms with Crippen LogP contribution in [0.1, 0.15) is 41.6 Å². The maximum absolute atomic E-state index is 13.0. The summed E-state index contributed by atoms with van der Waals surface area (Å²) in [5.41, 5.74) is 1.45. The summed E-state index contributed by atoms with van der Waals surface area (Å²) in [6.45, 7) is 3.54. The summed E-state index contributed by atoms with van der Waals surface area (Å²) in [4.78, 5) is 15.4. The summed E-state index contributed by atoms with van der Waals surface area (Å²) < 4.78 is 27.5. The lowest BCUT2D eigenvalue weighted by Crippen LogP contribution is -2.37. The molecule has 4 rings (SSSR count). The number of hydrogen-bond donors (Lipinski definition) is 1. The van der Waals surface area contributed by atoms with Gasteiger partial charge in [-0.1, -0.05) is 48.4 Å². The Bertz CT molecular complexity index is 1020. The molecule has 166 valence electrons. The number of hydrogen-bond acceptors (Lipinski definition) is 4. The van der Waals surface area contributed by atoms with Gasteiger partial charge in [0.2, 0.25) is 10.0 Å². The zero-order valence-electron chi connectivity index (χ0n) is 17.5. The van der Waals surface area contributed by atoms with Gasteiger partial charge in [-0.3, -0.25) is 9.69 Å². The van der Waals surface area contributed by atoms with Crippen molar-refractivity contribution in [2.45, 2.75) is 43.2 Å². The van der Waals surface area contributed by atoms with Crippen LogP contribution in [0.5, 0.6) is 0 Å². The van der Waals surface area contributed by atoms with Crippen molar-refractivity contribution in [1.82, 2.24) is 14.5 Å². The first-order valence-corrected chi connectivity index (χ1v) is 12.6. The Morgan fingerprint density at radius 1 is 1.03 bits per heavy atom. The molecule has 2 saturated heterocycles. The molecule has 2 fully saturated rings. The zero-order chi connectivity index (χ0) is 21.8. The lowest BCUT2D eigenvalue weighted by Gasteiger charge is -2.26. The molecular formula is C23H28ClN3O3S. The molecule has 0 aromatic heterocycles. The summed E-state index contributed by atoms with van der Waals surface area (Å²) in [6, 6.07) is 14.7. The van der Waals surface area contributed by atoms with E-state index < -0.39 is 10.0 Å². The number of carbonyl (C=O) groups excluding carboxylic acids is 1. The third kappa shape index (κ3) is 5.29. The molecule has 2 aromatic rings. The average Bonchev–Trinajstić information content (AvgIpc) is 3.21. The minimum absolute atomic E-state index is 0.00892. The van der Waals surface area contributed by atoms with Crippen molar-refractivity contribution in [3.63, 3.8) is 0 Å². The van der Waals surface area contributed by atoms with Gasteiger partial charge < -0.3 is 5.32 Å². The smallest absolute Gasteiger partial charge is 0.253 e. The molecule has 31 heavy (non-hydrogen) atoms. The van der Waals surface area contributed by atoms with Crippen molar-refractivity contribution in [3.8, 4) is 0 Å². The molecule has 2 aromatic carbocycles. The third-order valence-corrected chi connectivity index (χ3v) is 8.22. The summed E-state index contributed by atoms with van der Waals surface area (Å²) in [6.07, 6.45) is 3.62. The third-order valence-electron chi connectivity index (χ3n) is 5.99. The number of halogens is 1. The van der Waals surface area contributed by atoms with Gasteiger partial charge in [-0.15, -0.1) is 0 Å². The Morgan fingerprint density at radius 2 is 1.77 bits per heavy atom. The standard InChI is InChI=1S/C23H28ClN3O3S/c24-22-10-9-20(31(29,30)27-12-5-2-6-13-27)15-21(22)23(28)25-19-11-14-26(17-19)16-18-7-3-1-4-8-18/h1,3-4,7-10,15,19H,2,5-6,11-14,16-17H2,(H,25,28)/t19-/m0/s1. The van der Waals surface area contributed by atoms with Crippen LogP contribution in [0.2, 0.25) is 5.02 Å². The van der Waals surface area contributed by atoms with Crippen molar-refractivity contribution in [2.24, 2.45) is 0 Å². The van der Waals surface area contributed by atoms with Gasteiger partial charge >= 0.3 is 0 Å². The van der Waals surface area contributed by atoms with E-state index >= 15 is 0 Å². The topological polar surface area (TPSA) is 69.7 Å². The van der Waals surface area contributed by atoms with E-state index in [0.29, 0.717) is 13.1 Å². The van der Waals surface area contributed by atoms with E-state index in [1.54, 1.807) is 0 Å². The number of rotatable bonds is 6. The first-order valence-electron chi connectivity index (χ1n) is 10.8. The number of likely N-dealkylation sites (tertiary alicyclic amines) is 1. The first kappa shape index (κ1) is 22.3. The fourth-order valence-corrected chi connectivity index (χ4v) is 6.04. The van der Waals surface area contributed by atoms with E-state index in [0.717, 1.165) is 45.3 Å². The predicted molar refractivity (Wildman–Crippen MR) is 122 cm³/mol. The van der Waals surface area contributed by atoms with Crippen molar-refractivity contribution >= 4 is 27.5 Å². The van der Waals surface area contributed by atoms with Crippen LogP contribution in [0.4, 0.5) is 0 Å². The molecule has 1 amide bonds. The molecule has 0 aliphatic carbocycles. The second-order valence-corrected chi connectivity index (χ2v) is 10.6. The van der Waals surface area contributed by atoms with Crippen molar-refractivity contribution in [3.05, 3.63) is 64.7 Å². The summed E-state index contributed by atoms with van der Waals surface area (Å²) in [5.74, 6) is -0.327. The SMILES string of the molecule is O=C(N[C@H]1CCN(Cc2ccccc2)C1)c1cc(S(=O)(=O)N2CCCCC2)ccc1Cl. The van der Waals surface area contributed by atoms with Gasteiger partial charge in [0.05, 0.1) is 15.5 Å². The van der Waals surface area contributed by atoms with Gasteiger partial charge in [0.25, 0.3) is 5.91 Å². The zero-order valence-corrected chi connectivity index (χ0v) is 19.0. The highest BCUT2D eigenvalue weighted by Gasteiger charge is 2.29. The van der Waals surface area contributed by atoms with Crippen LogP contribution in [-0.4, -0.2) is 55.8 Å². The summed E-state index contributed by atoms with van der Waals surface area (Å²) >= 11 is 6.27. The van der Waals surface area contributed by atoms with E-state index in [9.17, 15) is 13.2 Å². The first-order chi connectivity index (χ1) is 14.9. The minimum Gasteiger partial charge on any atom is -0.348 e. The second-order valence-electron chi connectivity index (χ2n) is 8.29. The lowest BCUT2D eigenvalue weighted by molar-refractivity contribution is 0.0937. The maximum Gasteiger partial charge on any atom is 0.253 e. The molecule has 0 unspecified atom stereocenters. The van der Waals surface area contributed by atoms with Gasteiger partial charge in [-0.2, -0.15) is 4.31 Å². The molecule has 8 heteroatoms. The van der Waals surface area contributed by atoms with E-state index in [1.807, 2.05) is 18.2 Å². The molecule has 2 heterocycles. The van der Waals surface area contributed by atoms with Crippen LogP contribution < -0.4 is 5.32 Å². The molecule has 2 aliphatic rings. The van der Waals surface area contributed by atoms with Gasteiger partial charge in [-0.25, -0.2) is 8.42 Å². The van der Waals surface area contributed by atoms with Crippen LogP contribution in [-0.2, 0) is 16.6 Å². The van der Waals surface area contributed by atoms with Crippen molar-refractivity contribution in [1.29, 1.82) is 0 Å². The van der Waals surface area contributed by atoms with Crippen LogP contribution in [0.15, 0.2) is 53.4 Å². The van der Waals surface area contributed by atoms with Gasteiger partial charge in [-0.05, 0) is 43.0 Å². The van der Waals surface area contributed by atoms with Gasteiger partial charge in [0.1, 0.15) is 0 Å². The Balaban J connectivity index is 1.42. The number of piperidine rings is 1. The normalized spacial score (nSPS) is 20.6. The van der Waals surface area contributed by atoms with Crippen LogP contribution in [0.25, 0.3) is 0 Å².